The number of anilines is 1. The number of nitro benzene ring substituents is 1. The van der Waals surface area contributed by atoms with Gasteiger partial charge in [0, 0.05) is 33.9 Å². The van der Waals surface area contributed by atoms with Gasteiger partial charge in [-0.05, 0) is 24.6 Å². The standard InChI is InChI=1S/C15H14BrFN2O2/c1-2-10-4-6-13(8-15(10)19(20)21)18-9-11-3-5-12(16)7-14(11)17/h3-8,18H,2,9H2,1H3. The van der Waals surface area contributed by atoms with E-state index >= 15 is 0 Å². The van der Waals surface area contributed by atoms with Crippen molar-refractivity contribution in [2.24, 2.45) is 0 Å². The van der Waals surface area contributed by atoms with Crippen LogP contribution in [-0.2, 0) is 13.0 Å². The fourth-order valence-electron chi connectivity index (χ4n) is 2.01. The monoisotopic (exact) mass is 352 g/mol. The normalized spacial score (nSPS) is 10.4. The molecule has 0 bridgehead atoms. The Labute approximate surface area is 130 Å². The number of rotatable bonds is 5. The number of hydrogen-bond acceptors (Lipinski definition) is 3. The number of hydrogen-bond donors (Lipinski definition) is 1. The second-order valence-electron chi connectivity index (χ2n) is 4.54. The Balaban J connectivity index is 2.16. The van der Waals surface area contributed by atoms with Gasteiger partial charge >= 0.3 is 0 Å². The average molecular weight is 353 g/mol. The van der Waals surface area contributed by atoms with Crippen molar-refractivity contribution in [1.82, 2.24) is 0 Å². The van der Waals surface area contributed by atoms with Crippen LogP contribution in [-0.4, -0.2) is 4.92 Å². The van der Waals surface area contributed by atoms with Crippen molar-refractivity contribution in [3.8, 4) is 0 Å². The molecule has 0 aromatic heterocycles. The van der Waals surface area contributed by atoms with Crippen LogP contribution >= 0.6 is 15.9 Å². The van der Waals surface area contributed by atoms with Gasteiger partial charge in [-0.3, -0.25) is 10.1 Å². The molecule has 0 unspecified atom stereocenters. The second kappa shape index (κ2) is 6.67. The van der Waals surface area contributed by atoms with Crippen molar-refractivity contribution in [3.05, 3.63) is 67.9 Å². The van der Waals surface area contributed by atoms with Crippen LogP contribution in [0.5, 0.6) is 0 Å². The molecule has 0 aliphatic carbocycles. The van der Waals surface area contributed by atoms with Crippen LogP contribution in [0.1, 0.15) is 18.1 Å². The molecule has 6 heteroatoms. The summed E-state index contributed by atoms with van der Waals surface area (Å²) in [6.45, 7) is 2.13. The van der Waals surface area contributed by atoms with Gasteiger partial charge in [-0.15, -0.1) is 0 Å². The van der Waals surface area contributed by atoms with Gasteiger partial charge in [-0.1, -0.05) is 35.0 Å². The van der Waals surface area contributed by atoms with E-state index in [1.807, 2.05) is 6.92 Å². The maximum absolute atomic E-state index is 13.7. The van der Waals surface area contributed by atoms with Crippen LogP contribution in [0.3, 0.4) is 0 Å². The smallest absolute Gasteiger partial charge is 0.274 e. The van der Waals surface area contributed by atoms with Crippen LogP contribution in [0.2, 0.25) is 0 Å². The highest BCUT2D eigenvalue weighted by molar-refractivity contribution is 9.10. The van der Waals surface area contributed by atoms with E-state index in [2.05, 4.69) is 21.2 Å². The zero-order chi connectivity index (χ0) is 15.4. The Morgan fingerprint density at radius 1 is 1.24 bits per heavy atom. The topological polar surface area (TPSA) is 55.2 Å². The van der Waals surface area contributed by atoms with Crippen molar-refractivity contribution in [2.45, 2.75) is 19.9 Å². The zero-order valence-corrected chi connectivity index (χ0v) is 13.0. The molecule has 0 heterocycles. The maximum Gasteiger partial charge on any atom is 0.274 e. The number of nitrogens with zero attached hydrogens (tertiary/aromatic N) is 1. The highest BCUT2D eigenvalue weighted by Crippen LogP contribution is 2.24. The predicted octanol–water partition coefficient (Wildman–Crippen LogP) is 4.67. The molecule has 2 aromatic carbocycles. The summed E-state index contributed by atoms with van der Waals surface area (Å²) in [5.41, 5.74) is 1.86. The van der Waals surface area contributed by atoms with Gasteiger partial charge in [0.25, 0.3) is 5.69 Å². The first-order chi connectivity index (χ1) is 10.0. The van der Waals surface area contributed by atoms with Gasteiger partial charge in [-0.25, -0.2) is 4.39 Å². The van der Waals surface area contributed by atoms with Crippen LogP contribution in [0.4, 0.5) is 15.8 Å². The van der Waals surface area contributed by atoms with Crippen molar-refractivity contribution in [1.29, 1.82) is 0 Å². The lowest BCUT2D eigenvalue weighted by atomic mass is 10.1. The highest BCUT2D eigenvalue weighted by atomic mass is 79.9. The van der Waals surface area contributed by atoms with E-state index in [0.29, 0.717) is 27.7 Å². The Kier molecular flexibility index (Phi) is 4.90. The largest absolute Gasteiger partial charge is 0.381 e. The van der Waals surface area contributed by atoms with Crippen LogP contribution in [0, 0.1) is 15.9 Å². The third-order valence-electron chi connectivity index (χ3n) is 3.16. The Bertz CT molecular complexity index is 677. The molecule has 2 rings (SSSR count). The summed E-state index contributed by atoms with van der Waals surface area (Å²) in [5.74, 6) is -0.323. The Morgan fingerprint density at radius 3 is 2.57 bits per heavy atom. The third kappa shape index (κ3) is 3.78. The first-order valence-corrected chi connectivity index (χ1v) is 7.25. The van der Waals surface area contributed by atoms with Crippen molar-refractivity contribution >= 4 is 27.3 Å². The molecule has 0 aliphatic rings. The lowest BCUT2D eigenvalue weighted by molar-refractivity contribution is -0.385. The second-order valence-corrected chi connectivity index (χ2v) is 5.46. The fraction of sp³-hybridized carbons (Fsp3) is 0.200. The minimum atomic E-state index is -0.399. The number of aryl methyl sites for hydroxylation is 1. The van der Waals surface area contributed by atoms with Gasteiger partial charge in [0.2, 0.25) is 0 Å². The van der Waals surface area contributed by atoms with Crippen molar-refractivity contribution in [2.75, 3.05) is 5.32 Å². The molecule has 0 saturated heterocycles. The molecular formula is C15H14BrFN2O2. The Morgan fingerprint density at radius 2 is 1.95 bits per heavy atom. The molecule has 0 amide bonds. The van der Waals surface area contributed by atoms with E-state index in [1.54, 1.807) is 24.3 Å². The average Bonchev–Trinajstić information content (AvgIpc) is 2.46. The van der Waals surface area contributed by atoms with E-state index < -0.39 is 4.92 Å². The van der Waals surface area contributed by atoms with Gasteiger partial charge in [0.1, 0.15) is 5.82 Å². The lowest BCUT2D eigenvalue weighted by Gasteiger charge is -2.09. The molecule has 0 atom stereocenters. The molecule has 1 N–H and O–H groups in total. The van der Waals surface area contributed by atoms with Gasteiger partial charge in [0.05, 0.1) is 4.92 Å². The number of halogens is 2. The van der Waals surface area contributed by atoms with E-state index in [1.165, 1.54) is 12.1 Å². The maximum atomic E-state index is 13.7. The highest BCUT2D eigenvalue weighted by Gasteiger charge is 2.13. The zero-order valence-electron chi connectivity index (χ0n) is 11.4. The molecule has 2 aromatic rings. The lowest BCUT2D eigenvalue weighted by Crippen LogP contribution is -2.03. The van der Waals surface area contributed by atoms with Crippen LogP contribution in [0.25, 0.3) is 0 Å². The summed E-state index contributed by atoms with van der Waals surface area (Å²) in [6, 6.07) is 9.78. The minimum Gasteiger partial charge on any atom is -0.381 e. The first-order valence-electron chi connectivity index (χ1n) is 6.46. The summed E-state index contributed by atoms with van der Waals surface area (Å²) >= 11 is 3.20. The summed E-state index contributed by atoms with van der Waals surface area (Å²) < 4.78 is 14.4. The Hall–Kier alpha value is -1.95. The van der Waals surface area contributed by atoms with E-state index in [9.17, 15) is 14.5 Å². The van der Waals surface area contributed by atoms with Gasteiger partial charge in [-0.2, -0.15) is 0 Å². The number of nitro groups is 1. The van der Waals surface area contributed by atoms with Crippen LogP contribution < -0.4 is 5.32 Å². The summed E-state index contributed by atoms with van der Waals surface area (Å²) in [5, 5.41) is 14.0. The summed E-state index contributed by atoms with van der Waals surface area (Å²) in [4.78, 5) is 10.6. The van der Waals surface area contributed by atoms with E-state index in [4.69, 9.17) is 0 Å². The minimum absolute atomic E-state index is 0.0822. The molecule has 0 saturated carbocycles. The first kappa shape index (κ1) is 15.4. The fourth-order valence-corrected chi connectivity index (χ4v) is 2.34. The van der Waals surface area contributed by atoms with Gasteiger partial charge < -0.3 is 5.32 Å². The number of benzene rings is 2. The molecule has 4 nitrogen and oxygen atoms in total. The van der Waals surface area contributed by atoms with Gasteiger partial charge in [0.15, 0.2) is 0 Å². The molecule has 0 radical (unpaired) electrons. The number of nitrogens with one attached hydrogen (secondary N) is 1. The molecule has 110 valence electrons. The summed E-state index contributed by atoms with van der Waals surface area (Å²) in [7, 11) is 0. The quantitative estimate of drug-likeness (QED) is 0.628. The SMILES string of the molecule is CCc1ccc(NCc2ccc(Br)cc2F)cc1[N+](=O)[O-]. The molecule has 0 spiro atoms. The van der Waals surface area contributed by atoms with E-state index in [0.717, 1.165) is 0 Å². The van der Waals surface area contributed by atoms with Crippen LogP contribution in [0.15, 0.2) is 40.9 Å². The molecule has 0 aliphatic heterocycles. The third-order valence-corrected chi connectivity index (χ3v) is 3.65. The van der Waals surface area contributed by atoms with Crippen molar-refractivity contribution in [3.63, 3.8) is 0 Å². The predicted molar refractivity (Wildman–Crippen MR) is 83.9 cm³/mol. The molecule has 21 heavy (non-hydrogen) atoms. The van der Waals surface area contributed by atoms with E-state index in [-0.39, 0.29) is 18.0 Å². The molecule has 0 fully saturated rings. The molecular weight excluding hydrogens is 339 g/mol. The summed E-state index contributed by atoms with van der Waals surface area (Å²) in [6.07, 6.45) is 0.595. The van der Waals surface area contributed by atoms with Crippen molar-refractivity contribution < 1.29 is 9.31 Å².